The minimum Gasteiger partial charge on any atom is -0.294 e. The maximum atomic E-state index is 12.0. The molecule has 92 valence electrons. The first-order chi connectivity index (χ1) is 8.65. The summed E-state index contributed by atoms with van der Waals surface area (Å²) < 4.78 is 1.91. The van der Waals surface area contributed by atoms with Crippen molar-refractivity contribution in [3.05, 3.63) is 47.3 Å². The van der Waals surface area contributed by atoms with Gasteiger partial charge in [-0.2, -0.15) is 5.10 Å². The van der Waals surface area contributed by atoms with Gasteiger partial charge in [0.1, 0.15) is 0 Å². The molecular weight excluding hydrogens is 224 g/mol. The Morgan fingerprint density at radius 1 is 1.33 bits per heavy atom. The minimum atomic E-state index is 0.225. The number of Topliss-reactive ketones (excluding diaryl/α,β-unsaturated/α-hetero) is 1. The summed E-state index contributed by atoms with van der Waals surface area (Å²) >= 11 is 0. The van der Waals surface area contributed by atoms with E-state index in [2.05, 4.69) is 31.1 Å². The molecule has 1 aliphatic rings. The lowest BCUT2D eigenvalue weighted by molar-refractivity contribution is 0.0953. The van der Waals surface area contributed by atoms with Crippen molar-refractivity contribution < 1.29 is 4.79 Å². The Kier molecular flexibility index (Phi) is 2.54. The number of nitrogens with zero attached hydrogens (tertiary/aromatic N) is 2. The Labute approximate surface area is 106 Å². The van der Waals surface area contributed by atoms with Crippen LogP contribution in [0.3, 0.4) is 0 Å². The molecular formula is C15H16N2O. The number of carbonyl (C=O) groups excluding carboxylic acids is 1. The van der Waals surface area contributed by atoms with Crippen molar-refractivity contribution in [2.45, 2.75) is 26.7 Å². The van der Waals surface area contributed by atoms with Gasteiger partial charge in [-0.15, -0.1) is 0 Å². The second-order valence-corrected chi connectivity index (χ2v) is 5.19. The zero-order valence-corrected chi connectivity index (χ0v) is 10.7. The van der Waals surface area contributed by atoms with Crippen molar-refractivity contribution in [2.75, 3.05) is 0 Å². The molecule has 18 heavy (non-hydrogen) atoms. The number of aromatic nitrogens is 2. The number of fused-ring (bicyclic) bond motifs is 1. The SMILES string of the molecule is Cc1cccc(-n2ncc3c2C[C@H](C)CC3=O)c1. The molecule has 0 bridgehead atoms. The van der Waals surface area contributed by atoms with E-state index in [-0.39, 0.29) is 5.78 Å². The molecule has 0 aliphatic heterocycles. The molecule has 1 aromatic heterocycles. The summed E-state index contributed by atoms with van der Waals surface area (Å²) in [5.41, 5.74) is 4.10. The highest BCUT2D eigenvalue weighted by atomic mass is 16.1. The van der Waals surface area contributed by atoms with Crippen LogP contribution in [0.4, 0.5) is 0 Å². The van der Waals surface area contributed by atoms with E-state index in [4.69, 9.17) is 0 Å². The van der Waals surface area contributed by atoms with Gasteiger partial charge in [-0.3, -0.25) is 4.79 Å². The Morgan fingerprint density at radius 2 is 2.17 bits per heavy atom. The number of hydrogen-bond acceptors (Lipinski definition) is 2. The lowest BCUT2D eigenvalue weighted by Gasteiger charge is -2.18. The van der Waals surface area contributed by atoms with Gasteiger partial charge in [-0.1, -0.05) is 19.1 Å². The van der Waals surface area contributed by atoms with E-state index in [1.54, 1.807) is 6.20 Å². The van der Waals surface area contributed by atoms with Crippen LogP contribution in [0.5, 0.6) is 0 Å². The first-order valence-electron chi connectivity index (χ1n) is 6.32. The fourth-order valence-corrected chi connectivity index (χ4v) is 2.61. The molecule has 2 aromatic rings. The number of aryl methyl sites for hydroxylation is 1. The number of ketones is 1. The quantitative estimate of drug-likeness (QED) is 0.768. The summed E-state index contributed by atoms with van der Waals surface area (Å²) in [5.74, 6) is 0.632. The van der Waals surface area contributed by atoms with Crippen LogP contribution in [0.15, 0.2) is 30.5 Å². The average molecular weight is 240 g/mol. The van der Waals surface area contributed by atoms with Gasteiger partial charge in [0.25, 0.3) is 0 Å². The lowest BCUT2D eigenvalue weighted by atomic mass is 9.88. The molecule has 1 heterocycles. The van der Waals surface area contributed by atoms with E-state index < -0.39 is 0 Å². The number of carbonyl (C=O) groups is 1. The standard InChI is InChI=1S/C15H16N2O/c1-10-4-3-5-12(6-10)17-14-7-11(2)8-15(18)13(14)9-16-17/h3-6,9,11H,7-8H2,1-2H3/t11-/m0/s1. The minimum absolute atomic E-state index is 0.225. The van der Waals surface area contributed by atoms with Crippen LogP contribution >= 0.6 is 0 Å². The van der Waals surface area contributed by atoms with Gasteiger partial charge in [0.15, 0.2) is 5.78 Å². The van der Waals surface area contributed by atoms with Crippen molar-refractivity contribution in [1.29, 1.82) is 0 Å². The van der Waals surface area contributed by atoms with Gasteiger partial charge in [0, 0.05) is 6.42 Å². The van der Waals surface area contributed by atoms with Crippen molar-refractivity contribution in [1.82, 2.24) is 9.78 Å². The van der Waals surface area contributed by atoms with Crippen LogP contribution in [-0.4, -0.2) is 15.6 Å². The Hall–Kier alpha value is -1.90. The van der Waals surface area contributed by atoms with E-state index in [0.717, 1.165) is 23.4 Å². The van der Waals surface area contributed by atoms with Crippen molar-refractivity contribution in [3.8, 4) is 5.69 Å². The zero-order chi connectivity index (χ0) is 12.7. The second kappa shape index (κ2) is 4.09. The molecule has 3 rings (SSSR count). The number of hydrogen-bond donors (Lipinski definition) is 0. The fraction of sp³-hybridized carbons (Fsp3) is 0.333. The summed E-state index contributed by atoms with van der Waals surface area (Å²) in [4.78, 5) is 12.0. The highest BCUT2D eigenvalue weighted by Crippen LogP contribution is 2.27. The number of rotatable bonds is 1. The van der Waals surface area contributed by atoms with E-state index in [9.17, 15) is 4.79 Å². The van der Waals surface area contributed by atoms with Gasteiger partial charge < -0.3 is 0 Å². The summed E-state index contributed by atoms with van der Waals surface area (Å²) in [6.45, 7) is 4.18. The van der Waals surface area contributed by atoms with Crippen LogP contribution in [0.1, 0.15) is 35.0 Å². The Balaban J connectivity index is 2.12. The van der Waals surface area contributed by atoms with E-state index >= 15 is 0 Å². The highest BCUT2D eigenvalue weighted by molar-refractivity contribution is 5.98. The van der Waals surface area contributed by atoms with E-state index in [1.807, 2.05) is 16.8 Å². The molecule has 0 spiro atoms. The summed E-state index contributed by atoms with van der Waals surface area (Å²) in [6, 6.07) is 8.21. The van der Waals surface area contributed by atoms with Crippen LogP contribution in [-0.2, 0) is 6.42 Å². The smallest absolute Gasteiger partial charge is 0.166 e. The molecule has 0 saturated heterocycles. The van der Waals surface area contributed by atoms with Crippen molar-refractivity contribution >= 4 is 5.78 Å². The van der Waals surface area contributed by atoms with E-state index in [0.29, 0.717) is 12.3 Å². The first-order valence-corrected chi connectivity index (χ1v) is 6.32. The molecule has 0 N–H and O–H groups in total. The maximum absolute atomic E-state index is 12.0. The van der Waals surface area contributed by atoms with Gasteiger partial charge in [0.05, 0.1) is 23.1 Å². The lowest BCUT2D eigenvalue weighted by Crippen LogP contribution is -2.19. The summed E-state index contributed by atoms with van der Waals surface area (Å²) in [6.07, 6.45) is 3.29. The molecule has 3 heteroatoms. The predicted octanol–water partition coefficient (Wildman–Crippen LogP) is 2.95. The summed E-state index contributed by atoms with van der Waals surface area (Å²) in [7, 11) is 0. The highest BCUT2D eigenvalue weighted by Gasteiger charge is 2.26. The second-order valence-electron chi connectivity index (χ2n) is 5.19. The van der Waals surface area contributed by atoms with Crippen LogP contribution in [0.2, 0.25) is 0 Å². The molecule has 1 atom stereocenters. The third-order valence-corrected chi connectivity index (χ3v) is 3.49. The van der Waals surface area contributed by atoms with E-state index in [1.165, 1.54) is 5.56 Å². The molecule has 0 fully saturated rings. The van der Waals surface area contributed by atoms with Crippen LogP contribution < -0.4 is 0 Å². The number of benzene rings is 1. The van der Waals surface area contributed by atoms with Gasteiger partial charge in [-0.25, -0.2) is 4.68 Å². The first kappa shape index (κ1) is 11.2. The molecule has 0 amide bonds. The van der Waals surface area contributed by atoms with Crippen molar-refractivity contribution in [2.24, 2.45) is 5.92 Å². The molecule has 1 aromatic carbocycles. The Bertz CT molecular complexity index is 613. The fourth-order valence-electron chi connectivity index (χ4n) is 2.61. The van der Waals surface area contributed by atoms with Crippen LogP contribution in [0, 0.1) is 12.8 Å². The van der Waals surface area contributed by atoms with Gasteiger partial charge in [-0.05, 0) is 37.0 Å². The predicted molar refractivity (Wildman–Crippen MR) is 70.1 cm³/mol. The van der Waals surface area contributed by atoms with Crippen molar-refractivity contribution in [3.63, 3.8) is 0 Å². The van der Waals surface area contributed by atoms with Crippen LogP contribution in [0.25, 0.3) is 5.69 Å². The maximum Gasteiger partial charge on any atom is 0.166 e. The third kappa shape index (κ3) is 1.76. The Morgan fingerprint density at radius 3 is 2.94 bits per heavy atom. The molecule has 0 unspecified atom stereocenters. The third-order valence-electron chi connectivity index (χ3n) is 3.49. The molecule has 0 radical (unpaired) electrons. The molecule has 1 aliphatic carbocycles. The summed E-state index contributed by atoms with van der Waals surface area (Å²) in [5, 5.41) is 4.39. The average Bonchev–Trinajstić information content (AvgIpc) is 2.72. The van der Waals surface area contributed by atoms with Gasteiger partial charge >= 0.3 is 0 Å². The normalized spacial score (nSPS) is 18.8. The largest absolute Gasteiger partial charge is 0.294 e. The molecule has 0 saturated carbocycles. The topological polar surface area (TPSA) is 34.9 Å². The monoisotopic (exact) mass is 240 g/mol. The molecule has 3 nitrogen and oxygen atoms in total. The zero-order valence-electron chi connectivity index (χ0n) is 10.7. The van der Waals surface area contributed by atoms with Gasteiger partial charge in [0.2, 0.25) is 0 Å².